The van der Waals surface area contributed by atoms with Gasteiger partial charge in [0.2, 0.25) is 0 Å². The van der Waals surface area contributed by atoms with Crippen LogP contribution in [0.25, 0.3) is 0 Å². The van der Waals surface area contributed by atoms with Gasteiger partial charge < -0.3 is 10.1 Å². The van der Waals surface area contributed by atoms with E-state index in [1.807, 2.05) is 0 Å². The van der Waals surface area contributed by atoms with E-state index in [9.17, 15) is 0 Å². The number of ether oxygens (including phenoxy) is 1. The molecule has 0 fully saturated rings. The summed E-state index contributed by atoms with van der Waals surface area (Å²) in [5.74, 6) is 1.38. The first kappa shape index (κ1) is 15.8. The fourth-order valence-electron chi connectivity index (χ4n) is 2.07. The van der Waals surface area contributed by atoms with Crippen molar-refractivity contribution in [3.8, 4) is 5.75 Å². The second kappa shape index (κ2) is 7.41. The summed E-state index contributed by atoms with van der Waals surface area (Å²) in [5.41, 5.74) is 3.31. The molecular weight excluding hydrogens is 282 g/mol. The average molecular weight is 305 g/mol. The number of rotatable bonds is 7. The van der Waals surface area contributed by atoms with Gasteiger partial charge in [0, 0.05) is 18.1 Å². The van der Waals surface area contributed by atoms with Crippen LogP contribution in [0.2, 0.25) is 0 Å². The van der Waals surface area contributed by atoms with Gasteiger partial charge in [0.1, 0.15) is 23.1 Å². The van der Waals surface area contributed by atoms with Crippen molar-refractivity contribution >= 4 is 16.5 Å². The van der Waals surface area contributed by atoms with Crippen LogP contribution in [0.5, 0.6) is 5.75 Å². The lowest BCUT2D eigenvalue weighted by molar-refractivity contribution is 0.297. The van der Waals surface area contributed by atoms with Gasteiger partial charge in [-0.15, -0.1) is 5.10 Å². The highest BCUT2D eigenvalue weighted by Gasteiger charge is 2.12. The molecule has 2 rings (SSSR count). The lowest BCUT2D eigenvalue weighted by Crippen LogP contribution is -2.05. The number of hydrogen-bond donors (Lipinski definition) is 1. The maximum Gasteiger partial charge on any atom is 0.136 e. The molecule has 0 bridgehead atoms. The third-order valence-electron chi connectivity index (χ3n) is 3.25. The van der Waals surface area contributed by atoms with Gasteiger partial charge in [-0.3, -0.25) is 0 Å². The Hall–Kier alpha value is -1.62. The second-order valence-electron chi connectivity index (χ2n) is 5.46. The lowest BCUT2D eigenvalue weighted by atomic mass is 10.0. The van der Waals surface area contributed by atoms with E-state index in [0.29, 0.717) is 12.5 Å². The fraction of sp³-hybridized carbons (Fsp3) is 0.500. The third kappa shape index (κ3) is 4.17. The Balaban J connectivity index is 2.09. The molecule has 21 heavy (non-hydrogen) atoms. The first-order chi connectivity index (χ1) is 10.1. The molecule has 114 valence electrons. The normalized spacial score (nSPS) is 10.9. The van der Waals surface area contributed by atoms with Gasteiger partial charge in [-0.1, -0.05) is 37.4 Å². The van der Waals surface area contributed by atoms with Crippen molar-refractivity contribution in [3.63, 3.8) is 0 Å². The van der Waals surface area contributed by atoms with Gasteiger partial charge in [-0.05, 0) is 36.5 Å². The molecule has 4 nitrogen and oxygen atoms in total. The number of anilines is 1. The van der Waals surface area contributed by atoms with Gasteiger partial charge in [-0.25, -0.2) is 0 Å². The molecule has 2 aromatic rings. The molecule has 0 aliphatic carbocycles. The predicted molar refractivity (Wildman–Crippen MR) is 88.3 cm³/mol. The fourth-order valence-corrected chi connectivity index (χ4v) is 2.66. The van der Waals surface area contributed by atoms with E-state index in [1.165, 1.54) is 22.7 Å². The van der Waals surface area contributed by atoms with Gasteiger partial charge in [-0.2, -0.15) is 0 Å². The number of nitrogens with one attached hydrogen (secondary N) is 1. The SMILES string of the molecule is CCCNc1snnc1COc1cc(C)ccc1C(C)C. The summed E-state index contributed by atoms with van der Waals surface area (Å²) >= 11 is 1.39. The largest absolute Gasteiger partial charge is 0.487 e. The Morgan fingerprint density at radius 3 is 2.86 bits per heavy atom. The molecule has 5 heteroatoms. The Bertz CT molecular complexity index is 581. The van der Waals surface area contributed by atoms with Crippen LogP contribution < -0.4 is 10.1 Å². The highest BCUT2D eigenvalue weighted by Crippen LogP contribution is 2.29. The van der Waals surface area contributed by atoms with E-state index in [2.05, 4.69) is 60.8 Å². The van der Waals surface area contributed by atoms with Crippen LogP contribution in [0.1, 0.15) is 49.9 Å². The maximum absolute atomic E-state index is 6.01. The van der Waals surface area contributed by atoms with E-state index in [4.69, 9.17) is 4.74 Å². The third-order valence-corrected chi connectivity index (χ3v) is 3.97. The van der Waals surface area contributed by atoms with Gasteiger partial charge in [0.25, 0.3) is 0 Å². The zero-order chi connectivity index (χ0) is 15.2. The minimum absolute atomic E-state index is 0.437. The maximum atomic E-state index is 6.01. The zero-order valence-corrected chi connectivity index (χ0v) is 14.0. The summed E-state index contributed by atoms with van der Waals surface area (Å²) in [6, 6.07) is 6.36. The predicted octanol–water partition coefficient (Wildman–Crippen LogP) is 4.37. The van der Waals surface area contributed by atoms with Gasteiger partial charge in [0.15, 0.2) is 0 Å². The highest BCUT2D eigenvalue weighted by molar-refractivity contribution is 7.10. The average Bonchev–Trinajstić information content (AvgIpc) is 2.90. The van der Waals surface area contributed by atoms with E-state index >= 15 is 0 Å². The Labute approximate surface area is 130 Å². The Kier molecular flexibility index (Phi) is 5.56. The molecule has 1 heterocycles. The number of aryl methyl sites for hydroxylation is 1. The molecule has 0 spiro atoms. The van der Waals surface area contributed by atoms with Crippen molar-refractivity contribution in [1.82, 2.24) is 9.59 Å². The number of benzene rings is 1. The molecule has 0 amide bonds. The topological polar surface area (TPSA) is 47.0 Å². The lowest BCUT2D eigenvalue weighted by Gasteiger charge is -2.14. The van der Waals surface area contributed by atoms with E-state index in [0.717, 1.165) is 29.4 Å². The summed E-state index contributed by atoms with van der Waals surface area (Å²) in [6.07, 6.45) is 1.08. The molecule has 1 aromatic carbocycles. The van der Waals surface area contributed by atoms with Gasteiger partial charge >= 0.3 is 0 Å². The first-order valence-corrected chi connectivity index (χ1v) is 8.17. The molecule has 0 saturated heterocycles. The summed E-state index contributed by atoms with van der Waals surface area (Å²) in [6.45, 7) is 9.95. The van der Waals surface area contributed by atoms with Crippen LogP contribution in [0, 0.1) is 6.92 Å². The van der Waals surface area contributed by atoms with Crippen LogP contribution in [-0.2, 0) is 6.61 Å². The molecule has 0 radical (unpaired) electrons. The molecule has 0 aliphatic heterocycles. The van der Waals surface area contributed by atoms with Crippen molar-refractivity contribution in [2.45, 2.75) is 46.6 Å². The quantitative estimate of drug-likeness (QED) is 0.825. The minimum Gasteiger partial charge on any atom is -0.487 e. The van der Waals surface area contributed by atoms with Crippen molar-refractivity contribution in [1.29, 1.82) is 0 Å². The second-order valence-corrected chi connectivity index (χ2v) is 6.21. The molecule has 0 unspecified atom stereocenters. The van der Waals surface area contributed by atoms with Crippen LogP contribution in [0.3, 0.4) is 0 Å². The summed E-state index contributed by atoms with van der Waals surface area (Å²) in [7, 11) is 0. The van der Waals surface area contributed by atoms with Crippen molar-refractivity contribution in [2.75, 3.05) is 11.9 Å². The summed E-state index contributed by atoms with van der Waals surface area (Å²) in [5, 5.41) is 8.51. The van der Waals surface area contributed by atoms with E-state index in [-0.39, 0.29) is 0 Å². The molecule has 0 atom stereocenters. The number of hydrogen-bond acceptors (Lipinski definition) is 5. The molecular formula is C16H23N3OS. The Morgan fingerprint density at radius 2 is 2.14 bits per heavy atom. The number of nitrogens with zero attached hydrogens (tertiary/aromatic N) is 2. The molecule has 1 N–H and O–H groups in total. The molecule has 1 aromatic heterocycles. The van der Waals surface area contributed by atoms with Crippen LogP contribution >= 0.6 is 11.5 Å². The van der Waals surface area contributed by atoms with Crippen molar-refractivity contribution < 1.29 is 4.74 Å². The Morgan fingerprint density at radius 1 is 1.33 bits per heavy atom. The van der Waals surface area contributed by atoms with Gasteiger partial charge in [0.05, 0.1) is 0 Å². The number of aromatic nitrogens is 2. The first-order valence-electron chi connectivity index (χ1n) is 7.40. The van der Waals surface area contributed by atoms with Crippen molar-refractivity contribution in [3.05, 3.63) is 35.0 Å². The minimum atomic E-state index is 0.437. The van der Waals surface area contributed by atoms with Crippen LogP contribution in [0.4, 0.5) is 5.00 Å². The van der Waals surface area contributed by atoms with E-state index < -0.39 is 0 Å². The van der Waals surface area contributed by atoms with Crippen LogP contribution in [0.15, 0.2) is 18.2 Å². The summed E-state index contributed by atoms with van der Waals surface area (Å²) < 4.78 is 10.0. The zero-order valence-electron chi connectivity index (χ0n) is 13.1. The standard InChI is InChI=1S/C16H23N3OS/c1-5-8-17-16-14(18-19-21-16)10-20-15-9-12(4)6-7-13(15)11(2)3/h6-7,9,11,17H,5,8,10H2,1-4H3. The summed E-state index contributed by atoms with van der Waals surface area (Å²) in [4.78, 5) is 0. The molecule has 0 saturated carbocycles. The monoisotopic (exact) mass is 305 g/mol. The smallest absolute Gasteiger partial charge is 0.136 e. The van der Waals surface area contributed by atoms with Crippen LogP contribution in [-0.4, -0.2) is 16.1 Å². The highest BCUT2D eigenvalue weighted by atomic mass is 32.1. The van der Waals surface area contributed by atoms with E-state index in [1.54, 1.807) is 0 Å². The molecule has 0 aliphatic rings. The van der Waals surface area contributed by atoms with Crippen molar-refractivity contribution in [2.24, 2.45) is 0 Å².